The number of aromatic nitrogens is 2. The predicted molar refractivity (Wildman–Crippen MR) is 44.9 cm³/mol. The van der Waals surface area contributed by atoms with Gasteiger partial charge in [0, 0.05) is 19.7 Å². The average Bonchev–Trinajstić information content (AvgIpc) is 2.30. The molecule has 0 aliphatic rings. The molecule has 0 amide bonds. The molecule has 5 heteroatoms. The van der Waals surface area contributed by atoms with Crippen LogP contribution in [0.5, 0.6) is 5.88 Å². The Morgan fingerprint density at radius 1 is 1.73 bits per heavy atom. The Kier molecular flexibility index (Phi) is 3.92. The van der Waals surface area contributed by atoms with Crippen molar-refractivity contribution in [2.24, 2.45) is 12.8 Å². The number of nitrogens with zero attached hydrogens (tertiary/aromatic N) is 2. The van der Waals surface area contributed by atoms with Gasteiger partial charge in [-0.25, -0.2) is 0 Å². The number of nitrogens with two attached hydrogens (primary N) is 1. The predicted octanol–water partition coefficient (Wildman–Crippen LogP) is 0.309. The summed E-state index contributed by atoms with van der Waals surface area (Å²) in [5.41, 5.74) is 6.37. The number of rotatable bonds is 2. The molecule has 1 rings (SSSR count). The highest BCUT2D eigenvalue weighted by atomic mass is 35.5. The molecule has 1 aromatic rings. The van der Waals surface area contributed by atoms with Gasteiger partial charge in [-0.15, -0.1) is 17.5 Å². The summed E-state index contributed by atoms with van der Waals surface area (Å²) in [6.07, 6.45) is 0. The fourth-order valence-electron chi connectivity index (χ4n) is 0.768. The molecule has 0 fully saturated rings. The van der Waals surface area contributed by atoms with Crippen molar-refractivity contribution in [1.82, 2.24) is 9.78 Å². The molecule has 0 bridgehead atoms. The summed E-state index contributed by atoms with van der Waals surface area (Å²) in [6, 6.07) is 1.82. The number of hydrogen-bond donors (Lipinski definition) is 1. The van der Waals surface area contributed by atoms with Crippen LogP contribution in [0.1, 0.15) is 5.69 Å². The summed E-state index contributed by atoms with van der Waals surface area (Å²) in [7, 11) is 3.42. The molecule has 11 heavy (non-hydrogen) atoms. The van der Waals surface area contributed by atoms with E-state index in [1.807, 2.05) is 13.1 Å². The maximum atomic E-state index is 5.40. The van der Waals surface area contributed by atoms with Crippen molar-refractivity contribution in [3.05, 3.63) is 11.8 Å². The first kappa shape index (κ1) is 10.3. The van der Waals surface area contributed by atoms with Gasteiger partial charge in [0.05, 0.1) is 12.8 Å². The minimum atomic E-state index is 0. The van der Waals surface area contributed by atoms with Crippen LogP contribution in [0.4, 0.5) is 0 Å². The second-order valence-electron chi connectivity index (χ2n) is 2.01. The topological polar surface area (TPSA) is 53.1 Å². The van der Waals surface area contributed by atoms with E-state index >= 15 is 0 Å². The molecule has 0 aliphatic carbocycles. The summed E-state index contributed by atoms with van der Waals surface area (Å²) >= 11 is 0. The highest BCUT2D eigenvalue weighted by Gasteiger charge is 2.00. The number of halogens is 1. The number of methoxy groups -OCH3 is 1. The van der Waals surface area contributed by atoms with E-state index in [1.165, 1.54) is 0 Å². The van der Waals surface area contributed by atoms with Gasteiger partial charge in [0.1, 0.15) is 0 Å². The van der Waals surface area contributed by atoms with Gasteiger partial charge < -0.3 is 10.5 Å². The fraction of sp³-hybridized carbons (Fsp3) is 0.500. The van der Waals surface area contributed by atoms with Gasteiger partial charge in [0.2, 0.25) is 5.88 Å². The number of aryl methyl sites for hydroxylation is 1. The molecule has 1 heterocycles. The van der Waals surface area contributed by atoms with Crippen molar-refractivity contribution >= 4 is 12.4 Å². The molecule has 0 saturated heterocycles. The van der Waals surface area contributed by atoms with Crippen LogP contribution in [-0.4, -0.2) is 16.9 Å². The molecule has 0 aromatic carbocycles. The maximum Gasteiger partial charge on any atom is 0.232 e. The van der Waals surface area contributed by atoms with E-state index in [-0.39, 0.29) is 12.4 Å². The Morgan fingerprint density at radius 2 is 2.36 bits per heavy atom. The van der Waals surface area contributed by atoms with Gasteiger partial charge in [-0.3, -0.25) is 4.68 Å². The van der Waals surface area contributed by atoms with Gasteiger partial charge in [-0.1, -0.05) is 0 Å². The van der Waals surface area contributed by atoms with E-state index in [1.54, 1.807) is 11.8 Å². The van der Waals surface area contributed by atoms with E-state index in [4.69, 9.17) is 10.5 Å². The second kappa shape index (κ2) is 4.20. The zero-order valence-corrected chi connectivity index (χ0v) is 7.39. The summed E-state index contributed by atoms with van der Waals surface area (Å²) in [6.45, 7) is 0.493. The van der Waals surface area contributed by atoms with E-state index in [2.05, 4.69) is 5.10 Å². The smallest absolute Gasteiger partial charge is 0.232 e. The van der Waals surface area contributed by atoms with E-state index in [9.17, 15) is 0 Å². The van der Waals surface area contributed by atoms with Crippen molar-refractivity contribution < 1.29 is 4.74 Å². The Bertz CT molecular complexity index is 224. The molecule has 0 spiro atoms. The van der Waals surface area contributed by atoms with Crippen LogP contribution in [-0.2, 0) is 13.6 Å². The van der Waals surface area contributed by atoms with E-state index < -0.39 is 0 Å². The summed E-state index contributed by atoms with van der Waals surface area (Å²) in [5, 5.41) is 4.01. The zero-order valence-electron chi connectivity index (χ0n) is 6.57. The van der Waals surface area contributed by atoms with Crippen LogP contribution in [0.3, 0.4) is 0 Å². The van der Waals surface area contributed by atoms with Gasteiger partial charge in [0.15, 0.2) is 0 Å². The Morgan fingerprint density at radius 3 is 2.64 bits per heavy atom. The van der Waals surface area contributed by atoms with Crippen LogP contribution in [0.15, 0.2) is 6.07 Å². The van der Waals surface area contributed by atoms with Crippen molar-refractivity contribution in [3.8, 4) is 5.88 Å². The average molecular weight is 178 g/mol. The summed E-state index contributed by atoms with van der Waals surface area (Å²) in [5.74, 6) is 0.614. The largest absolute Gasteiger partial charge is 0.480 e. The molecule has 0 atom stereocenters. The van der Waals surface area contributed by atoms with Gasteiger partial charge in [0.25, 0.3) is 0 Å². The first-order chi connectivity index (χ1) is 4.77. The molecule has 64 valence electrons. The molecular formula is C6H12ClN3O. The third kappa shape index (κ3) is 2.10. The molecule has 2 N–H and O–H groups in total. The molecule has 0 aliphatic heterocycles. The van der Waals surface area contributed by atoms with Crippen LogP contribution < -0.4 is 10.5 Å². The highest BCUT2D eigenvalue weighted by Crippen LogP contribution is 2.08. The lowest BCUT2D eigenvalue weighted by atomic mass is 10.4. The summed E-state index contributed by atoms with van der Waals surface area (Å²) < 4.78 is 6.60. The highest BCUT2D eigenvalue weighted by molar-refractivity contribution is 5.85. The van der Waals surface area contributed by atoms with E-state index in [0.717, 1.165) is 5.69 Å². The number of hydrogen-bond acceptors (Lipinski definition) is 3. The number of ether oxygens (including phenoxy) is 1. The molecule has 0 saturated carbocycles. The molecular weight excluding hydrogens is 166 g/mol. The lowest BCUT2D eigenvalue weighted by molar-refractivity contribution is 0.392. The minimum absolute atomic E-state index is 0. The van der Waals surface area contributed by atoms with Gasteiger partial charge >= 0.3 is 0 Å². The van der Waals surface area contributed by atoms with Crippen molar-refractivity contribution in [2.75, 3.05) is 7.11 Å². The maximum absolute atomic E-state index is 5.40. The molecule has 0 unspecified atom stereocenters. The van der Waals surface area contributed by atoms with Crippen molar-refractivity contribution in [3.63, 3.8) is 0 Å². The quantitative estimate of drug-likeness (QED) is 0.708. The van der Waals surface area contributed by atoms with Gasteiger partial charge in [-0.2, -0.15) is 0 Å². The monoisotopic (exact) mass is 177 g/mol. The third-order valence-corrected chi connectivity index (χ3v) is 1.37. The summed E-state index contributed by atoms with van der Waals surface area (Å²) in [4.78, 5) is 0. The first-order valence-electron chi connectivity index (χ1n) is 3.05. The Labute approximate surface area is 71.7 Å². The van der Waals surface area contributed by atoms with Crippen molar-refractivity contribution in [1.29, 1.82) is 0 Å². The van der Waals surface area contributed by atoms with Crippen LogP contribution in [0, 0.1) is 0 Å². The molecule has 4 nitrogen and oxygen atoms in total. The molecule has 1 aromatic heterocycles. The van der Waals surface area contributed by atoms with Crippen LogP contribution in [0.2, 0.25) is 0 Å². The Hall–Kier alpha value is -0.740. The first-order valence-corrected chi connectivity index (χ1v) is 3.05. The van der Waals surface area contributed by atoms with E-state index in [0.29, 0.717) is 12.4 Å². The Balaban J connectivity index is 0.000001000. The zero-order chi connectivity index (χ0) is 7.56. The normalized spacial score (nSPS) is 9.00. The minimum Gasteiger partial charge on any atom is -0.480 e. The van der Waals surface area contributed by atoms with Crippen molar-refractivity contribution in [2.45, 2.75) is 6.54 Å². The molecule has 0 radical (unpaired) electrons. The third-order valence-electron chi connectivity index (χ3n) is 1.37. The van der Waals surface area contributed by atoms with Gasteiger partial charge in [-0.05, 0) is 0 Å². The SMILES string of the molecule is COc1cc(CN)n(C)n1.Cl. The lowest BCUT2D eigenvalue weighted by Crippen LogP contribution is -2.03. The lowest BCUT2D eigenvalue weighted by Gasteiger charge is -1.92. The second-order valence-corrected chi connectivity index (χ2v) is 2.01. The standard InChI is InChI=1S/C6H11N3O.ClH/c1-9-5(4-7)3-6(8-9)10-2;/h3H,4,7H2,1-2H3;1H. The van der Waals surface area contributed by atoms with Crippen LogP contribution >= 0.6 is 12.4 Å². The fourth-order valence-corrected chi connectivity index (χ4v) is 0.768. The van der Waals surface area contributed by atoms with Crippen LogP contribution in [0.25, 0.3) is 0 Å².